The number of rotatable bonds is 9. The van der Waals surface area contributed by atoms with E-state index < -0.39 is 10.0 Å². The van der Waals surface area contributed by atoms with Crippen molar-refractivity contribution in [2.75, 3.05) is 6.54 Å². The summed E-state index contributed by atoms with van der Waals surface area (Å²) in [5.41, 5.74) is 2.70. The first kappa shape index (κ1) is 23.3. The number of benzene rings is 1. The molecule has 1 aromatic heterocycles. The lowest BCUT2D eigenvalue weighted by atomic mass is 10.1. The van der Waals surface area contributed by atoms with E-state index >= 15 is 0 Å². The fourth-order valence-corrected chi connectivity index (χ4v) is 5.10. The van der Waals surface area contributed by atoms with E-state index in [1.165, 1.54) is 4.88 Å². The van der Waals surface area contributed by atoms with E-state index in [9.17, 15) is 8.42 Å². The number of thiazole rings is 1. The summed E-state index contributed by atoms with van der Waals surface area (Å²) in [5, 5.41) is 7.53. The summed E-state index contributed by atoms with van der Waals surface area (Å²) in [6.45, 7) is 11.4. The van der Waals surface area contributed by atoms with Crippen molar-refractivity contribution in [3.63, 3.8) is 0 Å². The van der Waals surface area contributed by atoms with Crippen LogP contribution in [0.3, 0.4) is 0 Å². The van der Waals surface area contributed by atoms with Gasteiger partial charge in [-0.15, -0.1) is 11.3 Å². The largest absolute Gasteiger partial charge is 0.357 e. The molecule has 160 valence electrons. The van der Waals surface area contributed by atoms with E-state index in [0.29, 0.717) is 19.0 Å². The van der Waals surface area contributed by atoms with Gasteiger partial charge in [-0.05, 0) is 45.7 Å². The Morgan fingerprint density at radius 3 is 2.45 bits per heavy atom. The van der Waals surface area contributed by atoms with Crippen LogP contribution in [0.2, 0.25) is 0 Å². The monoisotopic (exact) mass is 437 g/mol. The number of hydrogen-bond acceptors (Lipinski definition) is 5. The van der Waals surface area contributed by atoms with Crippen molar-refractivity contribution in [1.29, 1.82) is 0 Å². The van der Waals surface area contributed by atoms with Crippen LogP contribution in [0, 0.1) is 13.8 Å². The molecule has 0 saturated carbocycles. The Morgan fingerprint density at radius 1 is 1.17 bits per heavy atom. The molecule has 0 aliphatic rings. The minimum Gasteiger partial charge on any atom is -0.357 e. The van der Waals surface area contributed by atoms with Crippen LogP contribution >= 0.6 is 11.3 Å². The summed E-state index contributed by atoms with van der Waals surface area (Å²) in [6, 6.07) is 7.38. The lowest BCUT2D eigenvalue weighted by Gasteiger charge is -2.13. The highest BCUT2D eigenvalue weighted by molar-refractivity contribution is 7.88. The molecule has 3 N–H and O–H groups in total. The predicted octanol–water partition coefficient (Wildman–Crippen LogP) is 2.84. The van der Waals surface area contributed by atoms with Crippen LogP contribution in [0.25, 0.3) is 0 Å². The molecular weight excluding hydrogens is 406 g/mol. The third-order valence-electron chi connectivity index (χ3n) is 4.11. The lowest BCUT2D eigenvalue weighted by molar-refractivity contribution is 0.569. The van der Waals surface area contributed by atoms with E-state index in [1.807, 2.05) is 52.0 Å². The molecule has 7 nitrogen and oxygen atoms in total. The van der Waals surface area contributed by atoms with Gasteiger partial charge in [-0.2, -0.15) is 0 Å². The second-order valence-corrected chi connectivity index (χ2v) is 10.1. The Morgan fingerprint density at radius 2 is 1.86 bits per heavy atom. The summed E-state index contributed by atoms with van der Waals surface area (Å²) in [6.07, 6.45) is 0. The third-order valence-corrected chi connectivity index (χ3v) is 6.71. The molecule has 29 heavy (non-hydrogen) atoms. The molecule has 0 aliphatic heterocycles. The first-order valence-electron chi connectivity index (χ1n) is 9.72. The summed E-state index contributed by atoms with van der Waals surface area (Å²) >= 11 is 1.67. The summed E-state index contributed by atoms with van der Waals surface area (Å²) < 4.78 is 27.3. The van der Waals surface area contributed by atoms with Gasteiger partial charge in [0, 0.05) is 17.5 Å². The summed E-state index contributed by atoms with van der Waals surface area (Å²) in [7, 11) is -3.39. The molecule has 0 amide bonds. The van der Waals surface area contributed by atoms with Gasteiger partial charge in [0.05, 0.1) is 24.5 Å². The van der Waals surface area contributed by atoms with E-state index in [2.05, 4.69) is 32.3 Å². The molecule has 0 aliphatic carbocycles. The maximum atomic E-state index is 12.3. The van der Waals surface area contributed by atoms with Gasteiger partial charge >= 0.3 is 0 Å². The number of guanidine groups is 1. The van der Waals surface area contributed by atoms with Gasteiger partial charge in [0.1, 0.15) is 5.01 Å². The van der Waals surface area contributed by atoms with Gasteiger partial charge in [0.2, 0.25) is 10.0 Å². The average Bonchev–Trinajstić information content (AvgIpc) is 2.95. The van der Waals surface area contributed by atoms with Gasteiger partial charge in [-0.25, -0.2) is 23.1 Å². The zero-order valence-electron chi connectivity index (χ0n) is 17.7. The van der Waals surface area contributed by atoms with Gasteiger partial charge in [-0.1, -0.05) is 24.3 Å². The minimum atomic E-state index is -3.39. The maximum Gasteiger partial charge on any atom is 0.216 e. The number of aromatic nitrogens is 1. The van der Waals surface area contributed by atoms with Gasteiger partial charge in [-0.3, -0.25) is 0 Å². The molecule has 0 bridgehead atoms. The smallest absolute Gasteiger partial charge is 0.216 e. The molecule has 0 saturated heterocycles. The standard InChI is InChI=1S/C20H31N5O2S2/c1-6-21-20(23-12-19-24-15(4)16(5)28-19)22-11-17-9-7-8-10-18(17)13-29(26,27)25-14(2)3/h7-10,14,25H,6,11-13H2,1-5H3,(H2,21,22,23). The van der Waals surface area contributed by atoms with Gasteiger partial charge in [0.15, 0.2) is 5.96 Å². The fourth-order valence-electron chi connectivity index (χ4n) is 2.74. The highest BCUT2D eigenvalue weighted by atomic mass is 32.2. The first-order valence-corrected chi connectivity index (χ1v) is 12.2. The summed E-state index contributed by atoms with van der Waals surface area (Å²) in [5.74, 6) is 0.620. The molecule has 0 atom stereocenters. The number of sulfonamides is 1. The molecule has 2 rings (SSSR count). The molecular formula is C20H31N5O2S2. The number of hydrogen-bond donors (Lipinski definition) is 3. The quantitative estimate of drug-likeness (QED) is 0.414. The number of nitrogens with one attached hydrogen (secondary N) is 3. The Bertz CT molecular complexity index is 917. The predicted molar refractivity (Wildman–Crippen MR) is 121 cm³/mol. The molecule has 0 spiro atoms. The van der Waals surface area contributed by atoms with Crippen LogP contribution < -0.4 is 15.4 Å². The average molecular weight is 438 g/mol. The van der Waals surface area contributed by atoms with Crippen LogP contribution in [0.4, 0.5) is 0 Å². The van der Waals surface area contributed by atoms with Crippen molar-refractivity contribution in [2.45, 2.75) is 59.5 Å². The lowest BCUT2D eigenvalue weighted by Crippen LogP contribution is -2.36. The zero-order valence-corrected chi connectivity index (χ0v) is 19.4. The van der Waals surface area contributed by atoms with Gasteiger partial charge in [0.25, 0.3) is 0 Å². The second kappa shape index (κ2) is 10.7. The second-order valence-electron chi connectivity index (χ2n) is 7.10. The Hall–Kier alpha value is -1.97. The van der Waals surface area contributed by atoms with Crippen molar-refractivity contribution in [3.05, 3.63) is 51.0 Å². The van der Waals surface area contributed by atoms with Crippen molar-refractivity contribution in [1.82, 2.24) is 20.3 Å². The number of aliphatic imine (C=N–C) groups is 1. The topological polar surface area (TPSA) is 95.5 Å². The fraction of sp³-hybridized carbons (Fsp3) is 0.500. The highest BCUT2D eigenvalue weighted by Crippen LogP contribution is 2.16. The molecule has 0 radical (unpaired) electrons. The van der Waals surface area contributed by atoms with E-state index in [1.54, 1.807) is 11.3 Å². The van der Waals surface area contributed by atoms with Crippen LogP contribution in [0.15, 0.2) is 29.3 Å². The van der Waals surface area contributed by atoms with E-state index in [0.717, 1.165) is 28.4 Å². The molecule has 1 heterocycles. The first-order chi connectivity index (χ1) is 13.7. The molecule has 2 aromatic rings. The maximum absolute atomic E-state index is 12.3. The number of nitrogens with zero attached hydrogens (tertiary/aromatic N) is 2. The molecule has 0 fully saturated rings. The zero-order chi connectivity index (χ0) is 21.4. The SMILES string of the molecule is CCNC(=NCc1ccccc1CS(=O)(=O)NC(C)C)NCc1nc(C)c(C)s1. The Labute approximate surface area is 178 Å². The summed E-state index contributed by atoms with van der Waals surface area (Å²) in [4.78, 5) is 10.4. The number of aryl methyl sites for hydroxylation is 2. The van der Waals surface area contributed by atoms with Gasteiger partial charge < -0.3 is 10.6 Å². The van der Waals surface area contributed by atoms with Crippen LogP contribution in [-0.2, 0) is 28.9 Å². The van der Waals surface area contributed by atoms with Crippen molar-refractivity contribution < 1.29 is 8.42 Å². The van der Waals surface area contributed by atoms with E-state index in [-0.39, 0.29) is 11.8 Å². The van der Waals surface area contributed by atoms with Crippen LogP contribution in [-0.4, -0.2) is 31.9 Å². The molecule has 9 heteroatoms. The van der Waals surface area contributed by atoms with Crippen LogP contribution in [0.1, 0.15) is 47.5 Å². The van der Waals surface area contributed by atoms with Crippen molar-refractivity contribution in [2.24, 2.45) is 4.99 Å². The highest BCUT2D eigenvalue weighted by Gasteiger charge is 2.15. The van der Waals surface area contributed by atoms with E-state index in [4.69, 9.17) is 0 Å². The Balaban J connectivity index is 2.10. The molecule has 0 unspecified atom stereocenters. The normalized spacial score (nSPS) is 12.4. The molecule has 1 aromatic carbocycles. The Kier molecular flexibility index (Phi) is 8.60. The van der Waals surface area contributed by atoms with Crippen LogP contribution in [0.5, 0.6) is 0 Å². The third kappa shape index (κ3) is 7.75. The minimum absolute atomic E-state index is 0.0570. The van der Waals surface area contributed by atoms with Crippen molar-refractivity contribution >= 4 is 27.3 Å². The van der Waals surface area contributed by atoms with Crippen molar-refractivity contribution in [3.8, 4) is 0 Å².